The summed E-state index contributed by atoms with van der Waals surface area (Å²) in [5.41, 5.74) is 4.32. The average Bonchev–Trinajstić information content (AvgIpc) is 3.07. The molecule has 0 fully saturated rings. The quantitative estimate of drug-likeness (QED) is 0.645. The van der Waals surface area contributed by atoms with Crippen LogP contribution in [-0.2, 0) is 4.79 Å². The molecule has 1 amide bonds. The van der Waals surface area contributed by atoms with E-state index in [1.807, 2.05) is 37.3 Å². The molecule has 0 aliphatic rings. The van der Waals surface area contributed by atoms with Crippen LogP contribution in [0.1, 0.15) is 33.6 Å². The summed E-state index contributed by atoms with van der Waals surface area (Å²) in [6.07, 6.45) is 1.34. The first-order valence-corrected chi connectivity index (χ1v) is 9.20. The van der Waals surface area contributed by atoms with Gasteiger partial charge in [-0.1, -0.05) is 6.92 Å². The van der Waals surface area contributed by atoms with E-state index in [2.05, 4.69) is 41.2 Å². The van der Waals surface area contributed by atoms with Crippen LogP contribution >= 0.6 is 0 Å². The van der Waals surface area contributed by atoms with Gasteiger partial charge in [-0.2, -0.15) is 0 Å². The molecular formula is C21H25N3O2. The van der Waals surface area contributed by atoms with Crippen molar-refractivity contribution >= 4 is 28.4 Å². The Bertz CT molecular complexity index is 880. The predicted molar refractivity (Wildman–Crippen MR) is 107 cm³/mol. The van der Waals surface area contributed by atoms with Crippen LogP contribution in [0.3, 0.4) is 0 Å². The smallest absolute Gasteiger partial charge is 0.227 e. The number of hydrogen-bond acceptors (Lipinski definition) is 4. The van der Waals surface area contributed by atoms with Gasteiger partial charge in [0.05, 0.1) is 0 Å². The second-order valence-electron chi connectivity index (χ2n) is 6.22. The fourth-order valence-electron chi connectivity index (χ4n) is 2.98. The van der Waals surface area contributed by atoms with Crippen molar-refractivity contribution in [2.45, 2.75) is 33.6 Å². The molecular weight excluding hydrogens is 326 g/mol. The number of nitrogens with zero attached hydrogens (tertiary/aromatic N) is 2. The van der Waals surface area contributed by atoms with Crippen molar-refractivity contribution in [2.75, 3.05) is 23.3 Å². The van der Waals surface area contributed by atoms with E-state index in [1.165, 1.54) is 5.69 Å². The molecule has 136 valence electrons. The Morgan fingerprint density at radius 2 is 1.81 bits per heavy atom. The maximum atomic E-state index is 11.8. The summed E-state index contributed by atoms with van der Waals surface area (Å²) in [6, 6.07) is 13.8. The van der Waals surface area contributed by atoms with E-state index in [1.54, 1.807) is 0 Å². The number of anilines is 2. The van der Waals surface area contributed by atoms with Crippen LogP contribution < -0.4 is 10.2 Å². The molecule has 1 N–H and O–H groups in total. The van der Waals surface area contributed by atoms with Crippen LogP contribution in [-0.4, -0.2) is 24.0 Å². The summed E-state index contributed by atoms with van der Waals surface area (Å²) in [7, 11) is 0. The Morgan fingerprint density at radius 3 is 2.46 bits per heavy atom. The van der Waals surface area contributed by atoms with Crippen molar-refractivity contribution < 1.29 is 9.21 Å². The van der Waals surface area contributed by atoms with Crippen LogP contribution in [0.4, 0.5) is 11.4 Å². The maximum absolute atomic E-state index is 11.8. The Morgan fingerprint density at radius 1 is 1.08 bits per heavy atom. The monoisotopic (exact) mass is 351 g/mol. The summed E-state index contributed by atoms with van der Waals surface area (Å²) in [6.45, 7) is 8.24. The van der Waals surface area contributed by atoms with E-state index >= 15 is 0 Å². The van der Waals surface area contributed by atoms with Crippen LogP contribution in [0.25, 0.3) is 22.6 Å². The molecule has 26 heavy (non-hydrogen) atoms. The molecule has 0 atom stereocenters. The highest BCUT2D eigenvalue weighted by Gasteiger charge is 2.11. The Kier molecular flexibility index (Phi) is 5.56. The van der Waals surface area contributed by atoms with Gasteiger partial charge in [0.1, 0.15) is 5.52 Å². The van der Waals surface area contributed by atoms with Crippen molar-refractivity contribution in [3.05, 3.63) is 42.5 Å². The molecule has 1 heterocycles. The van der Waals surface area contributed by atoms with E-state index in [-0.39, 0.29) is 5.91 Å². The molecule has 5 nitrogen and oxygen atoms in total. The molecule has 1 aromatic heterocycles. The average molecular weight is 351 g/mol. The number of amides is 1. The number of oxazole rings is 1. The zero-order chi connectivity index (χ0) is 18.5. The lowest BCUT2D eigenvalue weighted by atomic mass is 10.2. The van der Waals surface area contributed by atoms with E-state index in [9.17, 15) is 4.79 Å². The van der Waals surface area contributed by atoms with E-state index in [0.717, 1.165) is 36.3 Å². The van der Waals surface area contributed by atoms with Gasteiger partial charge in [-0.3, -0.25) is 4.79 Å². The minimum absolute atomic E-state index is 0.0163. The maximum Gasteiger partial charge on any atom is 0.227 e. The first kappa shape index (κ1) is 18.0. The van der Waals surface area contributed by atoms with Crippen molar-refractivity contribution in [3.8, 4) is 11.5 Å². The highest BCUT2D eigenvalue weighted by molar-refractivity contribution is 5.93. The molecule has 0 radical (unpaired) electrons. The van der Waals surface area contributed by atoms with Gasteiger partial charge in [0.25, 0.3) is 0 Å². The van der Waals surface area contributed by atoms with Crippen molar-refractivity contribution in [1.82, 2.24) is 4.98 Å². The van der Waals surface area contributed by atoms with Crippen LogP contribution in [0.5, 0.6) is 0 Å². The molecule has 3 rings (SSSR count). The number of nitrogens with one attached hydrogen (secondary N) is 1. The van der Waals surface area contributed by atoms with Crippen molar-refractivity contribution in [3.63, 3.8) is 0 Å². The van der Waals surface area contributed by atoms with Crippen LogP contribution in [0, 0.1) is 0 Å². The van der Waals surface area contributed by atoms with Gasteiger partial charge in [-0.05, 0) is 62.7 Å². The Balaban J connectivity index is 1.83. The zero-order valence-corrected chi connectivity index (χ0v) is 15.6. The number of benzene rings is 2. The molecule has 5 heteroatoms. The summed E-state index contributed by atoms with van der Waals surface area (Å²) in [5.74, 6) is 0.602. The second kappa shape index (κ2) is 8.04. The molecule has 0 unspecified atom stereocenters. The molecule has 0 spiro atoms. The second-order valence-corrected chi connectivity index (χ2v) is 6.22. The number of fused-ring (bicyclic) bond motifs is 1. The normalized spacial score (nSPS) is 10.9. The third kappa shape index (κ3) is 3.87. The topological polar surface area (TPSA) is 58.4 Å². The lowest BCUT2D eigenvalue weighted by Gasteiger charge is -2.20. The highest BCUT2D eigenvalue weighted by Crippen LogP contribution is 2.27. The molecule has 3 aromatic rings. The third-order valence-corrected chi connectivity index (χ3v) is 4.39. The lowest BCUT2D eigenvalue weighted by molar-refractivity contribution is -0.116. The van der Waals surface area contributed by atoms with Gasteiger partial charge in [0, 0.05) is 36.4 Å². The predicted octanol–water partition coefficient (Wildman–Crippen LogP) is 5.08. The van der Waals surface area contributed by atoms with E-state index < -0.39 is 0 Å². The highest BCUT2D eigenvalue weighted by atomic mass is 16.3. The minimum atomic E-state index is 0.0163. The van der Waals surface area contributed by atoms with E-state index in [4.69, 9.17) is 4.42 Å². The summed E-state index contributed by atoms with van der Waals surface area (Å²) in [4.78, 5) is 18.6. The number of carbonyl (C=O) groups excluding carboxylic acids is 1. The summed E-state index contributed by atoms with van der Waals surface area (Å²) in [5, 5.41) is 2.89. The van der Waals surface area contributed by atoms with Gasteiger partial charge in [-0.15, -0.1) is 0 Å². The van der Waals surface area contributed by atoms with Crippen LogP contribution in [0.2, 0.25) is 0 Å². The number of hydrogen-bond donors (Lipinski definition) is 1. The standard InChI is InChI=1S/C21H25N3O2/c1-4-7-20(25)22-16-10-13-19-18(14-16)23-21(26-19)15-8-11-17(12-9-15)24(5-2)6-3/h8-14H,4-7H2,1-3H3,(H,22,25). The Hall–Kier alpha value is -2.82. The summed E-state index contributed by atoms with van der Waals surface area (Å²) >= 11 is 0. The lowest BCUT2D eigenvalue weighted by Crippen LogP contribution is -2.21. The van der Waals surface area contributed by atoms with Gasteiger partial charge < -0.3 is 14.6 Å². The molecule has 0 aliphatic heterocycles. The largest absolute Gasteiger partial charge is 0.436 e. The van der Waals surface area contributed by atoms with Gasteiger partial charge in [0.2, 0.25) is 11.8 Å². The fraction of sp³-hybridized carbons (Fsp3) is 0.333. The van der Waals surface area contributed by atoms with Gasteiger partial charge in [-0.25, -0.2) is 4.98 Å². The third-order valence-electron chi connectivity index (χ3n) is 4.39. The number of aromatic nitrogens is 1. The minimum Gasteiger partial charge on any atom is -0.436 e. The molecule has 0 aliphatic carbocycles. The SMILES string of the molecule is CCCC(=O)Nc1ccc2oc(-c3ccc(N(CC)CC)cc3)nc2c1. The van der Waals surface area contributed by atoms with Crippen molar-refractivity contribution in [1.29, 1.82) is 0 Å². The molecule has 0 saturated heterocycles. The number of carbonyl (C=O) groups is 1. The first-order chi connectivity index (χ1) is 12.6. The van der Waals surface area contributed by atoms with Gasteiger partial charge in [0.15, 0.2) is 5.58 Å². The molecule has 0 saturated carbocycles. The van der Waals surface area contributed by atoms with Gasteiger partial charge >= 0.3 is 0 Å². The van der Waals surface area contributed by atoms with E-state index in [0.29, 0.717) is 17.9 Å². The summed E-state index contributed by atoms with van der Waals surface area (Å²) < 4.78 is 5.88. The molecule has 2 aromatic carbocycles. The van der Waals surface area contributed by atoms with Crippen LogP contribution in [0.15, 0.2) is 46.9 Å². The Labute approximate surface area is 154 Å². The molecule has 0 bridgehead atoms. The fourth-order valence-corrected chi connectivity index (χ4v) is 2.98. The number of rotatable bonds is 7. The van der Waals surface area contributed by atoms with Crippen molar-refractivity contribution in [2.24, 2.45) is 0 Å². The zero-order valence-electron chi connectivity index (χ0n) is 15.6. The first-order valence-electron chi connectivity index (χ1n) is 9.20.